The van der Waals surface area contributed by atoms with Crippen molar-refractivity contribution in [3.05, 3.63) is 187 Å². The van der Waals surface area contributed by atoms with E-state index in [0.717, 1.165) is 69.0 Å². The van der Waals surface area contributed by atoms with Crippen LogP contribution in [-0.2, 0) is 11.0 Å². The molecule has 2 heteroatoms. The van der Waals surface area contributed by atoms with Crippen LogP contribution in [0.1, 0.15) is 96.0 Å². The summed E-state index contributed by atoms with van der Waals surface area (Å²) in [6, 6.07) is 51.2. The standard InChI is InChI=1S/C54H58N2/c1-12-54(13-2,55-48-29-20-41(21-30-48)38(5)6)51-36-46(39(7)8)26-35-52(51)56(49-31-22-44(23-32-49)42-16-14-40(15-17-42)37(3)4)50-33-24-45(25-34-50)43-18-27-47(28-19-43)53(9,10)11/h14-36,55H,3,5,7,12-13H2,1-2,4,6,8-11H3. The summed E-state index contributed by atoms with van der Waals surface area (Å²) in [7, 11) is 0. The molecule has 0 saturated carbocycles. The third kappa shape index (κ3) is 8.51. The third-order valence-corrected chi connectivity index (χ3v) is 11.3. The molecule has 0 aliphatic rings. The quantitative estimate of drug-likeness (QED) is 0.127. The second-order valence-corrected chi connectivity index (χ2v) is 16.4. The zero-order chi connectivity index (χ0) is 40.2. The lowest BCUT2D eigenvalue weighted by Gasteiger charge is -2.39. The minimum Gasteiger partial charge on any atom is -0.375 e. The van der Waals surface area contributed by atoms with Crippen molar-refractivity contribution < 1.29 is 0 Å². The Kier molecular flexibility index (Phi) is 11.7. The van der Waals surface area contributed by atoms with Gasteiger partial charge in [0.15, 0.2) is 0 Å². The number of anilines is 4. The second kappa shape index (κ2) is 16.5. The molecule has 284 valence electrons. The molecule has 0 spiro atoms. The van der Waals surface area contributed by atoms with Crippen molar-refractivity contribution >= 4 is 39.5 Å². The Morgan fingerprint density at radius 2 is 0.875 bits per heavy atom. The molecular formula is C54H58N2. The van der Waals surface area contributed by atoms with Gasteiger partial charge in [0.2, 0.25) is 0 Å². The van der Waals surface area contributed by atoms with Crippen LogP contribution >= 0.6 is 0 Å². The maximum Gasteiger partial charge on any atom is 0.0640 e. The van der Waals surface area contributed by atoms with Crippen LogP contribution in [-0.4, -0.2) is 0 Å². The highest BCUT2D eigenvalue weighted by molar-refractivity contribution is 5.83. The number of benzene rings is 6. The average molecular weight is 735 g/mol. The zero-order valence-corrected chi connectivity index (χ0v) is 34.8. The van der Waals surface area contributed by atoms with Crippen LogP contribution in [0.5, 0.6) is 0 Å². The van der Waals surface area contributed by atoms with Gasteiger partial charge in [-0.25, -0.2) is 0 Å². The molecule has 6 rings (SSSR count). The van der Waals surface area contributed by atoms with E-state index >= 15 is 0 Å². The van der Waals surface area contributed by atoms with Gasteiger partial charge >= 0.3 is 0 Å². The Labute approximate surface area is 337 Å². The topological polar surface area (TPSA) is 15.3 Å². The summed E-state index contributed by atoms with van der Waals surface area (Å²) in [5, 5.41) is 4.04. The molecule has 0 radical (unpaired) electrons. The predicted octanol–water partition coefficient (Wildman–Crippen LogP) is 16.0. The smallest absolute Gasteiger partial charge is 0.0640 e. The molecule has 0 bridgehead atoms. The van der Waals surface area contributed by atoms with Gasteiger partial charge in [-0.2, -0.15) is 0 Å². The monoisotopic (exact) mass is 734 g/mol. The summed E-state index contributed by atoms with van der Waals surface area (Å²) in [6.45, 7) is 30.2. The summed E-state index contributed by atoms with van der Waals surface area (Å²) in [5.74, 6) is 0. The Bertz CT molecular complexity index is 2310. The van der Waals surface area contributed by atoms with Gasteiger partial charge in [0.1, 0.15) is 0 Å². The van der Waals surface area contributed by atoms with Gasteiger partial charge in [-0.05, 0) is 132 Å². The Morgan fingerprint density at radius 3 is 1.27 bits per heavy atom. The molecule has 1 N–H and O–H groups in total. The largest absolute Gasteiger partial charge is 0.375 e. The summed E-state index contributed by atoms with van der Waals surface area (Å²) < 4.78 is 0. The minimum absolute atomic E-state index is 0.110. The molecule has 0 aromatic heterocycles. The highest BCUT2D eigenvalue weighted by Crippen LogP contribution is 2.46. The van der Waals surface area contributed by atoms with E-state index in [4.69, 9.17) is 0 Å². The van der Waals surface area contributed by atoms with Crippen LogP contribution in [0.15, 0.2) is 159 Å². The number of allylic oxidation sites excluding steroid dienone is 3. The number of nitrogens with zero attached hydrogens (tertiary/aromatic N) is 1. The first-order valence-corrected chi connectivity index (χ1v) is 19.9. The van der Waals surface area contributed by atoms with Gasteiger partial charge in [-0.3, -0.25) is 0 Å². The van der Waals surface area contributed by atoms with Gasteiger partial charge in [0.25, 0.3) is 0 Å². The van der Waals surface area contributed by atoms with Crippen molar-refractivity contribution in [3.63, 3.8) is 0 Å². The number of hydrogen-bond donors (Lipinski definition) is 1. The van der Waals surface area contributed by atoms with Crippen molar-refractivity contribution in [2.24, 2.45) is 0 Å². The molecule has 0 amide bonds. The van der Waals surface area contributed by atoms with E-state index in [1.54, 1.807) is 0 Å². The van der Waals surface area contributed by atoms with Gasteiger partial charge in [0.05, 0.1) is 11.2 Å². The lowest BCUT2D eigenvalue weighted by molar-refractivity contribution is 0.455. The van der Waals surface area contributed by atoms with E-state index in [9.17, 15) is 0 Å². The van der Waals surface area contributed by atoms with Gasteiger partial charge in [0, 0.05) is 22.6 Å². The van der Waals surface area contributed by atoms with Crippen LogP contribution in [0.4, 0.5) is 22.7 Å². The van der Waals surface area contributed by atoms with Crippen LogP contribution in [0.3, 0.4) is 0 Å². The van der Waals surface area contributed by atoms with E-state index in [2.05, 4.69) is 218 Å². The summed E-state index contributed by atoms with van der Waals surface area (Å²) in [4.78, 5) is 2.42. The lowest BCUT2D eigenvalue weighted by atomic mass is 9.81. The van der Waals surface area contributed by atoms with E-state index < -0.39 is 0 Å². The zero-order valence-electron chi connectivity index (χ0n) is 34.8. The molecule has 0 aliphatic carbocycles. The Balaban J connectivity index is 1.50. The van der Waals surface area contributed by atoms with Gasteiger partial charge in [-0.1, -0.05) is 162 Å². The fraction of sp³-hybridized carbons (Fsp3) is 0.222. The van der Waals surface area contributed by atoms with Gasteiger partial charge in [-0.15, -0.1) is 0 Å². The summed E-state index contributed by atoms with van der Waals surface area (Å²) in [6.07, 6.45) is 1.77. The summed E-state index contributed by atoms with van der Waals surface area (Å²) >= 11 is 0. The van der Waals surface area contributed by atoms with E-state index in [1.807, 2.05) is 6.92 Å². The molecule has 0 heterocycles. The average Bonchev–Trinajstić information content (AvgIpc) is 3.20. The molecular weight excluding hydrogens is 677 g/mol. The SMILES string of the molecule is C=C(C)c1ccc(NC(CC)(CC)c2cc(C(=C)C)ccc2N(c2ccc(-c3ccc(C(=C)C)cc3)cc2)c2ccc(-c3ccc(C(C)(C)C)cc3)cc2)cc1. The van der Waals surface area contributed by atoms with Crippen molar-refractivity contribution in [3.8, 4) is 22.3 Å². The van der Waals surface area contributed by atoms with Crippen molar-refractivity contribution in [1.29, 1.82) is 0 Å². The molecule has 2 nitrogen and oxygen atoms in total. The molecule has 6 aromatic rings. The first kappa shape index (κ1) is 39.8. The van der Waals surface area contributed by atoms with Gasteiger partial charge < -0.3 is 10.2 Å². The predicted molar refractivity (Wildman–Crippen MR) is 247 cm³/mol. The number of hydrogen-bond acceptors (Lipinski definition) is 2. The molecule has 56 heavy (non-hydrogen) atoms. The molecule has 0 aliphatic heterocycles. The molecule has 6 aromatic carbocycles. The third-order valence-electron chi connectivity index (χ3n) is 11.3. The van der Waals surface area contributed by atoms with Crippen LogP contribution in [0.2, 0.25) is 0 Å². The minimum atomic E-state index is -0.372. The van der Waals surface area contributed by atoms with Crippen molar-refractivity contribution in [2.75, 3.05) is 10.2 Å². The highest BCUT2D eigenvalue weighted by Gasteiger charge is 2.33. The number of nitrogens with one attached hydrogen (secondary N) is 1. The Morgan fingerprint density at radius 1 is 0.500 bits per heavy atom. The van der Waals surface area contributed by atoms with Crippen LogP contribution in [0.25, 0.3) is 39.0 Å². The van der Waals surface area contributed by atoms with Crippen molar-refractivity contribution in [1.82, 2.24) is 0 Å². The molecule has 0 unspecified atom stereocenters. The highest BCUT2D eigenvalue weighted by atomic mass is 15.2. The molecule has 0 fully saturated rings. The van der Waals surface area contributed by atoms with Crippen molar-refractivity contribution in [2.45, 2.75) is 79.2 Å². The Hall–Kier alpha value is -5.86. The number of rotatable bonds is 13. The van der Waals surface area contributed by atoms with Crippen LogP contribution in [0, 0.1) is 0 Å². The first-order chi connectivity index (χ1) is 26.7. The molecule has 0 saturated heterocycles. The van der Waals surface area contributed by atoms with E-state index in [0.29, 0.717) is 0 Å². The first-order valence-electron chi connectivity index (χ1n) is 19.9. The normalized spacial score (nSPS) is 11.6. The lowest BCUT2D eigenvalue weighted by Crippen LogP contribution is -2.35. The fourth-order valence-corrected chi connectivity index (χ4v) is 7.51. The van der Waals surface area contributed by atoms with E-state index in [-0.39, 0.29) is 11.0 Å². The maximum atomic E-state index is 4.36. The van der Waals surface area contributed by atoms with E-state index in [1.165, 1.54) is 33.4 Å². The summed E-state index contributed by atoms with van der Waals surface area (Å²) in [5.41, 5.74) is 18.1. The van der Waals surface area contributed by atoms with Crippen LogP contribution < -0.4 is 10.2 Å². The molecule has 0 atom stereocenters. The fourth-order valence-electron chi connectivity index (χ4n) is 7.51. The maximum absolute atomic E-state index is 4.36. The second-order valence-electron chi connectivity index (χ2n) is 16.4.